The Hall–Kier alpha value is -2.07. The fourth-order valence-corrected chi connectivity index (χ4v) is 3.82. The quantitative estimate of drug-likeness (QED) is 0.278. The van der Waals surface area contributed by atoms with Gasteiger partial charge in [0.25, 0.3) is 0 Å². The Bertz CT molecular complexity index is 625. The topological polar surface area (TPSA) is 143 Å². The Morgan fingerprint density at radius 3 is 1.58 bits per heavy atom. The van der Waals surface area contributed by atoms with Crippen LogP contribution in [0.25, 0.3) is 0 Å². The van der Waals surface area contributed by atoms with Crippen molar-refractivity contribution in [2.24, 2.45) is 0 Å². The summed E-state index contributed by atoms with van der Waals surface area (Å²) in [6.07, 6.45) is -1.82. The van der Waals surface area contributed by atoms with Gasteiger partial charge in [-0.2, -0.15) is 0 Å². The molecule has 31 heavy (non-hydrogen) atoms. The van der Waals surface area contributed by atoms with E-state index < -0.39 is 59.8 Å². The first-order valence-corrected chi connectivity index (χ1v) is 10.2. The van der Waals surface area contributed by atoms with Crippen LogP contribution in [0.1, 0.15) is 75.2 Å². The highest BCUT2D eigenvalue weighted by Gasteiger charge is 2.37. The summed E-state index contributed by atoms with van der Waals surface area (Å²) in [6.45, 7) is 14.3. The van der Waals surface area contributed by atoms with Crippen LogP contribution in [-0.2, 0) is 19.0 Å². The minimum atomic E-state index is -1.00. The summed E-state index contributed by atoms with van der Waals surface area (Å²) in [5.74, 6) is -0.413. The predicted octanol–water partition coefficient (Wildman–Crippen LogP) is 2.25. The SMILES string of the molecule is CC(=O)OC(C)(C)CC(C)(C)OC(=O)NC(C)(C)CC(C)(C)NC(=O)OC(CO)CO. The van der Waals surface area contributed by atoms with Crippen molar-refractivity contribution in [1.29, 1.82) is 0 Å². The first-order valence-electron chi connectivity index (χ1n) is 10.2. The molecule has 0 rings (SSSR count). The molecule has 0 spiro atoms. The van der Waals surface area contributed by atoms with Crippen LogP contribution in [0.5, 0.6) is 0 Å². The normalized spacial score (nSPS) is 12.9. The van der Waals surface area contributed by atoms with Crippen LogP contribution < -0.4 is 10.6 Å². The van der Waals surface area contributed by atoms with Crippen molar-refractivity contribution in [2.45, 2.75) is 104 Å². The summed E-state index contributed by atoms with van der Waals surface area (Å²) in [6, 6.07) is 0. The molecule has 0 radical (unpaired) electrons. The smallest absolute Gasteiger partial charge is 0.408 e. The lowest BCUT2D eigenvalue weighted by atomic mass is 9.87. The zero-order valence-electron chi connectivity index (χ0n) is 20.2. The van der Waals surface area contributed by atoms with Gasteiger partial charge in [0.1, 0.15) is 17.3 Å². The van der Waals surface area contributed by atoms with Crippen molar-refractivity contribution < 1.29 is 38.8 Å². The summed E-state index contributed by atoms with van der Waals surface area (Å²) in [5, 5.41) is 23.5. The van der Waals surface area contributed by atoms with Gasteiger partial charge in [0.05, 0.1) is 13.2 Å². The van der Waals surface area contributed by atoms with Crippen LogP contribution in [0.3, 0.4) is 0 Å². The third-order valence-corrected chi connectivity index (χ3v) is 4.09. The number of amides is 2. The average Bonchev–Trinajstić information content (AvgIpc) is 2.46. The maximum absolute atomic E-state index is 12.5. The van der Waals surface area contributed by atoms with Crippen LogP contribution in [-0.4, -0.2) is 70.0 Å². The molecular formula is C21H40N2O8. The fraction of sp³-hybridized carbons (Fsp3) is 0.857. The first-order chi connectivity index (χ1) is 13.8. The van der Waals surface area contributed by atoms with Gasteiger partial charge in [0.2, 0.25) is 0 Å². The Morgan fingerprint density at radius 1 is 0.742 bits per heavy atom. The van der Waals surface area contributed by atoms with Crippen molar-refractivity contribution in [3.63, 3.8) is 0 Å². The van der Waals surface area contributed by atoms with Gasteiger partial charge < -0.3 is 35.1 Å². The number of aliphatic hydroxyl groups is 2. The highest BCUT2D eigenvalue weighted by Crippen LogP contribution is 2.27. The van der Waals surface area contributed by atoms with E-state index in [1.54, 1.807) is 55.4 Å². The predicted molar refractivity (Wildman–Crippen MR) is 115 cm³/mol. The lowest BCUT2D eigenvalue weighted by molar-refractivity contribution is -0.158. The van der Waals surface area contributed by atoms with E-state index in [9.17, 15) is 14.4 Å². The zero-order valence-corrected chi connectivity index (χ0v) is 20.2. The molecule has 4 N–H and O–H groups in total. The number of carbonyl (C=O) groups excluding carboxylic acids is 3. The van der Waals surface area contributed by atoms with Crippen LogP contribution >= 0.6 is 0 Å². The second kappa shape index (κ2) is 11.0. The summed E-state index contributed by atoms with van der Waals surface area (Å²) < 4.78 is 15.8. The minimum Gasteiger partial charge on any atom is -0.460 e. The molecule has 0 aromatic carbocycles. The summed E-state index contributed by atoms with van der Waals surface area (Å²) >= 11 is 0. The van der Waals surface area contributed by atoms with Gasteiger partial charge in [0.15, 0.2) is 0 Å². The molecule has 0 fully saturated rings. The highest BCUT2D eigenvalue weighted by atomic mass is 16.6. The monoisotopic (exact) mass is 448 g/mol. The lowest BCUT2D eigenvalue weighted by Gasteiger charge is -2.38. The van der Waals surface area contributed by atoms with E-state index in [2.05, 4.69) is 10.6 Å². The van der Waals surface area contributed by atoms with E-state index in [4.69, 9.17) is 24.4 Å². The Kier molecular flexibility index (Phi) is 10.3. The molecule has 0 aliphatic rings. The van der Waals surface area contributed by atoms with E-state index in [1.807, 2.05) is 0 Å². The van der Waals surface area contributed by atoms with Crippen LogP contribution in [0.4, 0.5) is 9.59 Å². The van der Waals surface area contributed by atoms with Gasteiger partial charge in [-0.3, -0.25) is 4.79 Å². The number of alkyl carbamates (subject to hydrolysis) is 2. The van der Waals surface area contributed by atoms with Crippen molar-refractivity contribution in [2.75, 3.05) is 13.2 Å². The van der Waals surface area contributed by atoms with E-state index in [1.165, 1.54) is 6.92 Å². The maximum Gasteiger partial charge on any atom is 0.408 e. The molecule has 0 aliphatic heterocycles. The lowest BCUT2D eigenvalue weighted by Crippen LogP contribution is -2.55. The molecule has 0 bridgehead atoms. The highest BCUT2D eigenvalue weighted by molar-refractivity contribution is 5.69. The van der Waals surface area contributed by atoms with E-state index in [0.717, 1.165) is 0 Å². The third kappa shape index (κ3) is 13.1. The van der Waals surface area contributed by atoms with Gasteiger partial charge in [-0.05, 0) is 61.8 Å². The van der Waals surface area contributed by atoms with E-state index in [-0.39, 0.29) is 0 Å². The molecule has 0 aromatic heterocycles. The summed E-state index contributed by atoms with van der Waals surface area (Å²) in [7, 11) is 0. The Morgan fingerprint density at radius 2 is 1.16 bits per heavy atom. The number of aliphatic hydroxyl groups excluding tert-OH is 2. The molecule has 0 aliphatic carbocycles. The van der Waals surface area contributed by atoms with Gasteiger partial charge >= 0.3 is 18.2 Å². The van der Waals surface area contributed by atoms with Crippen LogP contribution in [0.2, 0.25) is 0 Å². The summed E-state index contributed by atoms with van der Waals surface area (Å²) in [4.78, 5) is 35.7. The second-order valence-corrected chi connectivity index (χ2v) is 10.3. The van der Waals surface area contributed by atoms with Crippen molar-refractivity contribution in [3.05, 3.63) is 0 Å². The van der Waals surface area contributed by atoms with Gasteiger partial charge in [-0.15, -0.1) is 0 Å². The molecular weight excluding hydrogens is 408 g/mol. The van der Waals surface area contributed by atoms with E-state index >= 15 is 0 Å². The van der Waals surface area contributed by atoms with Gasteiger partial charge in [0, 0.05) is 24.4 Å². The maximum atomic E-state index is 12.5. The first kappa shape index (κ1) is 28.9. The number of nitrogens with one attached hydrogen (secondary N) is 2. The van der Waals surface area contributed by atoms with Crippen LogP contribution in [0.15, 0.2) is 0 Å². The van der Waals surface area contributed by atoms with E-state index in [0.29, 0.717) is 12.8 Å². The average molecular weight is 449 g/mol. The molecule has 0 saturated heterocycles. The van der Waals surface area contributed by atoms with Crippen molar-refractivity contribution in [3.8, 4) is 0 Å². The number of ether oxygens (including phenoxy) is 3. The fourth-order valence-electron chi connectivity index (χ4n) is 3.82. The number of carbonyl (C=O) groups is 3. The van der Waals surface area contributed by atoms with Crippen LogP contribution in [0, 0.1) is 0 Å². The van der Waals surface area contributed by atoms with Gasteiger partial charge in [-0.25, -0.2) is 9.59 Å². The molecule has 0 saturated carbocycles. The third-order valence-electron chi connectivity index (χ3n) is 4.09. The minimum absolute atomic E-state index is 0.295. The number of esters is 1. The summed E-state index contributed by atoms with van der Waals surface area (Å²) in [5.41, 5.74) is -3.25. The number of rotatable bonds is 11. The molecule has 10 nitrogen and oxygen atoms in total. The molecule has 0 aromatic rings. The standard InChI is InChI=1S/C21H40N2O8/c1-14(26)30-20(6,7)13-21(8,9)31-17(28)23-19(4,5)12-18(2,3)22-16(27)29-15(10-24)11-25/h15,24-25H,10-13H2,1-9H3,(H,22,27)(H,23,28). The molecule has 0 atom stereocenters. The van der Waals surface area contributed by atoms with Crippen molar-refractivity contribution >= 4 is 18.2 Å². The van der Waals surface area contributed by atoms with Crippen molar-refractivity contribution in [1.82, 2.24) is 10.6 Å². The second-order valence-electron chi connectivity index (χ2n) is 10.3. The Labute approximate surface area is 185 Å². The molecule has 2 amide bonds. The Balaban J connectivity index is 4.90. The largest absolute Gasteiger partial charge is 0.460 e. The van der Waals surface area contributed by atoms with Gasteiger partial charge in [-0.1, -0.05) is 0 Å². The molecule has 10 heteroatoms. The molecule has 0 unspecified atom stereocenters. The molecule has 0 heterocycles. The zero-order chi connectivity index (χ0) is 24.7. The number of hydrogen-bond acceptors (Lipinski definition) is 8. The number of hydrogen-bond donors (Lipinski definition) is 4. The molecule has 182 valence electrons.